The average Bonchev–Trinajstić information content (AvgIpc) is 2.52. The number of hydrogen-bond acceptors (Lipinski definition) is 4. The summed E-state index contributed by atoms with van der Waals surface area (Å²) >= 11 is 5.77. The summed E-state index contributed by atoms with van der Waals surface area (Å²) in [5.41, 5.74) is 1.05. The van der Waals surface area contributed by atoms with Crippen LogP contribution in [0, 0.1) is 11.3 Å². The van der Waals surface area contributed by atoms with Crippen LogP contribution in [0.2, 0.25) is 5.15 Å². The molecule has 0 saturated heterocycles. The molecule has 0 aliphatic heterocycles. The highest BCUT2D eigenvalue weighted by molar-refractivity contribution is 6.29. The zero-order valence-corrected chi connectivity index (χ0v) is 12.5. The van der Waals surface area contributed by atoms with E-state index in [1.807, 2.05) is 0 Å². The fourth-order valence-electron chi connectivity index (χ4n) is 1.75. The molecule has 0 aliphatic rings. The molecule has 22 heavy (non-hydrogen) atoms. The first-order chi connectivity index (χ1) is 10.7. The third-order valence-electron chi connectivity index (χ3n) is 2.78. The molecule has 1 aromatic carbocycles. The van der Waals surface area contributed by atoms with Crippen molar-refractivity contribution in [2.75, 3.05) is 11.9 Å². The molecule has 0 bridgehead atoms. The monoisotopic (exact) mass is 315 g/mol. The van der Waals surface area contributed by atoms with Crippen LogP contribution in [0.25, 0.3) is 0 Å². The molecule has 0 atom stereocenters. The lowest BCUT2D eigenvalue weighted by molar-refractivity contribution is 0.102. The zero-order chi connectivity index (χ0) is 15.8. The highest BCUT2D eigenvalue weighted by atomic mass is 35.5. The van der Waals surface area contributed by atoms with Gasteiger partial charge in [-0.1, -0.05) is 17.7 Å². The number of rotatable bonds is 6. The number of nitriles is 1. The third kappa shape index (κ3) is 4.76. The maximum atomic E-state index is 12.1. The first kappa shape index (κ1) is 15.8. The quantitative estimate of drug-likeness (QED) is 0.652. The lowest BCUT2D eigenvalue weighted by atomic mass is 10.2. The lowest BCUT2D eigenvalue weighted by Crippen LogP contribution is -2.12. The van der Waals surface area contributed by atoms with E-state index in [0.29, 0.717) is 36.4 Å². The van der Waals surface area contributed by atoms with Gasteiger partial charge in [-0.15, -0.1) is 0 Å². The first-order valence-corrected chi connectivity index (χ1v) is 7.09. The van der Waals surface area contributed by atoms with Crippen molar-refractivity contribution in [2.45, 2.75) is 12.8 Å². The molecular formula is C16H14ClN3O2. The van der Waals surface area contributed by atoms with E-state index in [1.54, 1.807) is 30.3 Å². The molecule has 2 aromatic rings. The average molecular weight is 316 g/mol. The van der Waals surface area contributed by atoms with Crippen molar-refractivity contribution in [2.24, 2.45) is 0 Å². The van der Waals surface area contributed by atoms with Crippen LogP contribution in [0.1, 0.15) is 23.2 Å². The van der Waals surface area contributed by atoms with Gasteiger partial charge in [-0.2, -0.15) is 5.26 Å². The number of amides is 1. The van der Waals surface area contributed by atoms with Crippen LogP contribution < -0.4 is 10.1 Å². The molecule has 112 valence electrons. The molecular weight excluding hydrogens is 302 g/mol. The largest absolute Gasteiger partial charge is 0.493 e. The van der Waals surface area contributed by atoms with E-state index in [2.05, 4.69) is 16.4 Å². The Balaban J connectivity index is 1.98. The molecule has 1 N–H and O–H groups in total. The predicted molar refractivity (Wildman–Crippen MR) is 84.0 cm³/mol. The van der Waals surface area contributed by atoms with Gasteiger partial charge in [0.25, 0.3) is 5.91 Å². The molecule has 0 unspecified atom stereocenters. The number of benzene rings is 1. The number of carbonyl (C=O) groups is 1. The smallest absolute Gasteiger partial charge is 0.255 e. The van der Waals surface area contributed by atoms with E-state index in [1.165, 1.54) is 12.3 Å². The molecule has 0 aliphatic carbocycles. The number of nitrogens with zero attached hydrogens (tertiary/aromatic N) is 2. The number of unbranched alkanes of at least 4 members (excludes halogenated alkanes) is 1. The van der Waals surface area contributed by atoms with Crippen molar-refractivity contribution in [1.82, 2.24) is 4.98 Å². The minimum absolute atomic E-state index is 0.266. The SMILES string of the molecule is N#CCCCOc1cccc(NC(=O)c2ccnc(Cl)c2)c1. The summed E-state index contributed by atoms with van der Waals surface area (Å²) in [7, 11) is 0. The Morgan fingerprint density at radius 3 is 3.00 bits per heavy atom. The van der Waals surface area contributed by atoms with Crippen LogP contribution in [0.3, 0.4) is 0 Å². The summed E-state index contributed by atoms with van der Waals surface area (Å²) in [6, 6.07) is 12.2. The van der Waals surface area contributed by atoms with Crippen LogP contribution in [0.5, 0.6) is 5.75 Å². The summed E-state index contributed by atoms with van der Waals surface area (Å²) in [4.78, 5) is 15.9. The maximum absolute atomic E-state index is 12.1. The van der Waals surface area contributed by atoms with Gasteiger partial charge in [0.2, 0.25) is 0 Å². The second kappa shape index (κ2) is 8.01. The van der Waals surface area contributed by atoms with E-state index < -0.39 is 0 Å². The minimum Gasteiger partial charge on any atom is -0.493 e. The van der Waals surface area contributed by atoms with Crippen molar-refractivity contribution in [3.8, 4) is 11.8 Å². The Morgan fingerprint density at radius 1 is 1.36 bits per heavy atom. The van der Waals surface area contributed by atoms with Crippen LogP contribution >= 0.6 is 11.6 Å². The normalized spacial score (nSPS) is 9.82. The van der Waals surface area contributed by atoms with E-state index >= 15 is 0 Å². The van der Waals surface area contributed by atoms with E-state index in [0.717, 1.165) is 0 Å². The maximum Gasteiger partial charge on any atom is 0.255 e. The van der Waals surface area contributed by atoms with Gasteiger partial charge in [-0.3, -0.25) is 4.79 Å². The topological polar surface area (TPSA) is 75.0 Å². The van der Waals surface area contributed by atoms with Crippen LogP contribution in [-0.2, 0) is 0 Å². The third-order valence-corrected chi connectivity index (χ3v) is 2.99. The van der Waals surface area contributed by atoms with Gasteiger partial charge in [0.1, 0.15) is 10.9 Å². The molecule has 0 fully saturated rings. The van der Waals surface area contributed by atoms with Gasteiger partial charge in [-0.05, 0) is 30.7 Å². The molecule has 1 aromatic heterocycles. The van der Waals surface area contributed by atoms with Crippen molar-refractivity contribution in [3.05, 3.63) is 53.3 Å². The number of carbonyl (C=O) groups excluding carboxylic acids is 1. The Morgan fingerprint density at radius 2 is 2.23 bits per heavy atom. The number of nitrogens with one attached hydrogen (secondary N) is 1. The number of aromatic nitrogens is 1. The number of ether oxygens (including phenoxy) is 1. The second-order valence-electron chi connectivity index (χ2n) is 4.46. The number of halogens is 1. The number of pyridine rings is 1. The van der Waals surface area contributed by atoms with Gasteiger partial charge in [0.05, 0.1) is 12.7 Å². The zero-order valence-electron chi connectivity index (χ0n) is 11.8. The van der Waals surface area contributed by atoms with E-state index in [-0.39, 0.29) is 11.1 Å². The minimum atomic E-state index is -0.272. The Kier molecular flexibility index (Phi) is 5.75. The van der Waals surface area contributed by atoms with Gasteiger partial charge in [0.15, 0.2) is 0 Å². The Bertz CT molecular complexity index is 698. The summed E-state index contributed by atoms with van der Waals surface area (Å²) in [6.45, 7) is 0.463. The van der Waals surface area contributed by atoms with Gasteiger partial charge in [-0.25, -0.2) is 4.98 Å². The van der Waals surface area contributed by atoms with E-state index in [4.69, 9.17) is 21.6 Å². The van der Waals surface area contributed by atoms with Crippen molar-refractivity contribution >= 4 is 23.2 Å². The molecule has 1 heterocycles. The fraction of sp³-hybridized carbons (Fsp3) is 0.188. The van der Waals surface area contributed by atoms with Crippen LogP contribution in [-0.4, -0.2) is 17.5 Å². The predicted octanol–water partition coefficient (Wildman–Crippen LogP) is 3.67. The Labute approximate surface area is 133 Å². The van der Waals surface area contributed by atoms with Crippen LogP contribution in [0.15, 0.2) is 42.6 Å². The highest BCUT2D eigenvalue weighted by Crippen LogP contribution is 2.19. The molecule has 6 heteroatoms. The second-order valence-corrected chi connectivity index (χ2v) is 4.85. The molecule has 0 radical (unpaired) electrons. The molecule has 5 nitrogen and oxygen atoms in total. The molecule has 2 rings (SSSR count). The van der Waals surface area contributed by atoms with Crippen molar-refractivity contribution in [1.29, 1.82) is 5.26 Å². The fourth-order valence-corrected chi connectivity index (χ4v) is 1.93. The van der Waals surface area contributed by atoms with Gasteiger partial charge in [0, 0.05) is 29.9 Å². The van der Waals surface area contributed by atoms with Gasteiger partial charge < -0.3 is 10.1 Å². The molecule has 0 saturated carbocycles. The first-order valence-electron chi connectivity index (χ1n) is 6.72. The summed E-state index contributed by atoms with van der Waals surface area (Å²) < 4.78 is 5.52. The molecule has 1 amide bonds. The van der Waals surface area contributed by atoms with Crippen molar-refractivity contribution in [3.63, 3.8) is 0 Å². The summed E-state index contributed by atoms with van der Waals surface area (Å²) in [5.74, 6) is 0.370. The standard InChI is InChI=1S/C16H14ClN3O2/c17-15-10-12(6-8-19-15)16(21)20-13-4-3-5-14(11-13)22-9-2-1-7-18/h3-6,8,10-11H,1-2,9H2,(H,20,21). The lowest BCUT2D eigenvalue weighted by Gasteiger charge is -2.09. The number of hydrogen-bond donors (Lipinski definition) is 1. The van der Waals surface area contributed by atoms with Crippen LogP contribution in [0.4, 0.5) is 5.69 Å². The summed E-state index contributed by atoms with van der Waals surface area (Å²) in [6.07, 6.45) is 2.60. The highest BCUT2D eigenvalue weighted by Gasteiger charge is 2.07. The summed E-state index contributed by atoms with van der Waals surface area (Å²) in [5, 5.41) is 11.5. The van der Waals surface area contributed by atoms with E-state index in [9.17, 15) is 4.79 Å². The van der Waals surface area contributed by atoms with Gasteiger partial charge >= 0.3 is 0 Å². The number of anilines is 1. The van der Waals surface area contributed by atoms with Crippen molar-refractivity contribution < 1.29 is 9.53 Å². The Hall–Kier alpha value is -2.58. The molecule has 0 spiro atoms.